The molecule has 0 radical (unpaired) electrons. The highest BCUT2D eigenvalue weighted by molar-refractivity contribution is 5.99. The summed E-state index contributed by atoms with van der Waals surface area (Å²) in [6, 6.07) is 18.9. The number of benzene rings is 4. The summed E-state index contributed by atoms with van der Waals surface area (Å²) in [5.41, 5.74) is 1.51. The average molecular weight is 546 g/mol. The first-order valence-electron chi connectivity index (χ1n) is 12.1. The summed E-state index contributed by atoms with van der Waals surface area (Å²) in [6.45, 7) is 3.78. The van der Waals surface area contributed by atoms with Crippen molar-refractivity contribution in [3.05, 3.63) is 101 Å². The van der Waals surface area contributed by atoms with Crippen LogP contribution in [0.5, 0.6) is 11.6 Å². The van der Waals surface area contributed by atoms with Crippen molar-refractivity contribution in [3.8, 4) is 28.4 Å². The molecule has 7 nitrogen and oxygen atoms in total. The number of carbonyl (C=O) groups is 1. The van der Waals surface area contributed by atoms with Crippen LogP contribution in [0.2, 0.25) is 0 Å². The third kappa shape index (κ3) is 4.64. The van der Waals surface area contributed by atoms with Gasteiger partial charge in [0.15, 0.2) is 5.69 Å². The Morgan fingerprint density at radius 2 is 1.50 bits per heavy atom. The molecule has 0 atom stereocenters. The van der Waals surface area contributed by atoms with Gasteiger partial charge in [-0.05, 0) is 67.4 Å². The number of aromatic carboxylic acids is 1. The van der Waals surface area contributed by atoms with Crippen LogP contribution in [0.25, 0.3) is 27.7 Å². The minimum Gasteiger partial charge on any atom is -0.507 e. The SMILES string of the molecule is Cc1ccc(-n2c(O)c(N=Nc3c(C(=O)O)cccc3-c3ccccc3O)c3cc(C(F)(F)F)ccc32)cc1C. The number of azo groups is 1. The fourth-order valence-corrected chi connectivity index (χ4v) is 4.50. The first-order chi connectivity index (χ1) is 19.0. The van der Waals surface area contributed by atoms with Gasteiger partial charge in [-0.15, -0.1) is 10.2 Å². The second kappa shape index (κ2) is 9.88. The summed E-state index contributed by atoms with van der Waals surface area (Å²) in [5, 5.41) is 39.7. The molecule has 5 aromatic rings. The molecule has 1 aromatic heterocycles. The molecule has 0 saturated carbocycles. The van der Waals surface area contributed by atoms with Gasteiger partial charge in [0.25, 0.3) is 0 Å². The van der Waals surface area contributed by atoms with Gasteiger partial charge in [0.2, 0.25) is 5.88 Å². The number of alkyl halides is 3. The van der Waals surface area contributed by atoms with Crippen molar-refractivity contribution in [1.29, 1.82) is 0 Å². The van der Waals surface area contributed by atoms with Crippen LogP contribution >= 0.6 is 0 Å². The zero-order valence-electron chi connectivity index (χ0n) is 21.2. The Morgan fingerprint density at radius 1 is 0.800 bits per heavy atom. The lowest BCUT2D eigenvalue weighted by molar-refractivity contribution is -0.137. The van der Waals surface area contributed by atoms with Gasteiger partial charge in [-0.25, -0.2) is 4.79 Å². The number of rotatable bonds is 5. The maximum Gasteiger partial charge on any atom is 0.416 e. The van der Waals surface area contributed by atoms with Crippen LogP contribution in [0.15, 0.2) is 89.1 Å². The van der Waals surface area contributed by atoms with Crippen LogP contribution < -0.4 is 0 Å². The summed E-state index contributed by atoms with van der Waals surface area (Å²) in [6.07, 6.45) is -4.66. The van der Waals surface area contributed by atoms with E-state index in [1.807, 2.05) is 19.9 Å². The van der Waals surface area contributed by atoms with E-state index in [1.165, 1.54) is 34.9 Å². The molecule has 0 aliphatic heterocycles. The normalized spacial score (nSPS) is 11.9. The Hall–Kier alpha value is -5.12. The van der Waals surface area contributed by atoms with Gasteiger partial charge in [0.05, 0.1) is 16.6 Å². The minimum atomic E-state index is -4.66. The molecule has 0 bridgehead atoms. The summed E-state index contributed by atoms with van der Waals surface area (Å²) in [4.78, 5) is 12.0. The lowest BCUT2D eigenvalue weighted by atomic mass is 9.99. The molecule has 3 N–H and O–H groups in total. The lowest BCUT2D eigenvalue weighted by Gasteiger charge is -2.10. The number of hydrogen-bond donors (Lipinski definition) is 3. The molecule has 0 aliphatic carbocycles. The van der Waals surface area contributed by atoms with Crippen molar-refractivity contribution in [2.45, 2.75) is 20.0 Å². The van der Waals surface area contributed by atoms with Crippen molar-refractivity contribution in [1.82, 2.24) is 4.57 Å². The van der Waals surface area contributed by atoms with Crippen molar-refractivity contribution in [3.63, 3.8) is 0 Å². The van der Waals surface area contributed by atoms with Crippen LogP contribution in [-0.4, -0.2) is 25.9 Å². The van der Waals surface area contributed by atoms with Gasteiger partial charge in [0, 0.05) is 22.2 Å². The standard InChI is InChI=1S/C30H22F3N3O4/c1-16-10-12-19(14-17(16)2)36-24-13-11-18(30(31,32)33)15-23(24)27(28(36)38)35-34-26-21(7-5-8-22(26)29(39)40)20-6-3-4-9-25(20)37/h3-15,37-38H,1-2H3,(H,39,40). The van der Waals surface area contributed by atoms with Gasteiger partial charge in [-0.2, -0.15) is 13.2 Å². The number of aromatic nitrogens is 1. The third-order valence-corrected chi connectivity index (χ3v) is 6.70. The van der Waals surface area contributed by atoms with Crippen molar-refractivity contribution in [2.24, 2.45) is 10.2 Å². The predicted octanol–water partition coefficient (Wildman–Crippen LogP) is 8.46. The molecular weight excluding hydrogens is 523 g/mol. The zero-order valence-corrected chi connectivity index (χ0v) is 21.2. The van der Waals surface area contributed by atoms with E-state index in [-0.39, 0.29) is 44.7 Å². The quantitative estimate of drug-likeness (QED) is 0.193. The van der Waals surface area contributed by atoms with E-state index in [9.17, 15) is 33.3 Å². The van der Waals surface area contributed by atoms with Crippen molar-refractivity contribution >= 4 is 28.2 Å². The minimum absolute atomic E-state index is 0.0359. The van der Waals surface area contributed by atoms with Gasteiger partial charge in [-0.3, -0.25) is 4.57 Å². The van der Waals surface area contributed by atoms with Gasteiger partial charge in [-0.1, -0.05) is 36.4 Å². The summed E-state index contributed by atoms with van der Waals surface area (Å²) in [5.74, 6) is -1.93. The van der Waals surface area contributed by atoms with Crippen LogP contribution in [0, 0.1) is 13.8 Å². The molecule has 5 rings (SSSR count). The molecule has 4 aromatic carbocycles. The Labute approximate surface area is 226 Å². The first-order valence-corrected chi connectivity index (χ1v) is 12.1. The fourth-order valence-electron chi connectivity index (χ4n) is 4.50. The highest BCUT2D eigenvalue weighted by atomic mass is 19.4. The lowest BCUT2D eigenvalue weighted by Crippen LogP contribution is -2.04. The van der Waals surface area contributed by atoms with E-state index in [4.69, 9.17) is 0 Å². The van der Waals surface area contributed by atoms with Crippen LogP contribution in [-0.2, 0) is 6.18 Å². The van der Waals surface area contributed by atoms with E-state index in [0.29, 0.717) is 5.69 Å². The molecular formula is C30H22F3N3O4. The summed E-state index contributed by atoms with van der Waals surface area (Å²) >= 11 is 0. The second-order valence-electron chi connectivity index (χ2n) is 9.23. The zero-order chi connectivity index (χ0) is 28.8. The fraction of sp³-hybridized carbons (Fsp3) is 0.100. The Kier molecular flexibility index (Phi) is 6.54. The van der Waals surface area contributed by atoms with Crippen LogP contribution in [0.1, 0.15) is 27.0 Å². The third-order valence-electron chi connectivity index (χ3n) is 6.70. The van der Waals surface area contributed by atoms with E-state index in [0.717, 1.165) is 23.3 Å². The van der Waals surface area contributed by atoms with Crippen molar-refractivity contribution < 1.29 is 33.3 Å². The first kappa shape index (κ1) is 26.5. The molecule has 10 heteroatoms. The highest BCUT2D eigenvalue weighted by Crippen LogP contribution is 2.45. The maximum atomic E-state index is 13.6. The Morgan fingerprint density at radius 3 is 2.17 bits per heavy atom. The number of para-hydroxylation sites is 1. The van der Waals surface area contributed by atoms with Crippen LogP contribution in [0.4, 0.5) is 24.5 Å². The number of carboxylic acid groups (broad SMARTS) is 1. The van der Waals surface area contributed by atoms with Crippen molar-refractivity contribution in [2.75, 3.05) is 0 Å². The number of phenolic OH excluding ortho intramolecular Hbond substituents is 1. The number of nitrogens with zero attached hydrogens (tertiary/aromatic N) is 3. The number of hydrogen-bond acceptors (Lipinski definition) is 5. The van der Waals surface area contributed by atoms with E-state index < -0.39 is 23.6 Å². The van der Waals surface area contributed by atoms with Gasteiger partial charge >= 0.3 is 12.1 Å². The van der Waals surface area contributed by atoms with E-state index in [1.54, 1.807) is 30.3 Å². The van der Waals surface area contributed by atoms with E-state index >= 15 is 0 Å². The molecule has 0 unspecified atom stereocenters. The van der Waals surface area contributed by atoms with Crippen LogP contribution in [0.3, 0.4) is 0 Å². The summed E-state index contributed by atoms with van der Waals surface area (Å²) < 4.78 is 42.3. The predicted molar refractivity (Wildman–Crippen MR) is 144 cm³/mol. The molecule has 202 valence electrons. The highest BCUT2D eigenvalue weighted by Gasteiger charge is 2.32. The number of aryl methyl sites for hydroxylation is 2. The average Bonchev–Trinajstić information content (AvgIpc) is 3.19. The van der Waals surface area contributed by atoms with Gasteiger partial charge < -0.3 is 15.3 Å². The molecule has 40 heavy (non-hydrogen) atoms. The molecule has 0 aliphatic rings. The number of fused-ring (bicyclic) bond motifs is 1. The number of aromatic hydroxyl groups is 2. The van der Waals surface area contributed by atoms with E-state index in [2.05, 4.69) is 10.2 Å². The second-order valence-corrected chi connectivity index (χ2v) is 9.23. The Bertz CT molecular complexity index is 1820. The smallest absolute Gasteiger partial charge is 0.416 e. The molecule has 1 heterocycles. The number of halogens is 3. The molecule has 0 spiro atoms. The number of phenols is 1. The molecule has 0 fully saturated rings. The monoisotopic (exact) mass is 545 g/mol. The molecule has 0 saturated heterocycles. The summed E-state index contributed by atoms with van der Waals surface area (Å²) in [7, 11) is 0. The maximum absolute atomic E-state index is 13.6. The largest absolute Gasteiger partial charge is 0.507 e. The Balaban J connectivity index is 1.78. The molecule has 0 amide bonds. The number of carboxylic acids is 1. The van der Waals surface area contributed by atoms with Gasteiger partial charge in [0.1, 0.15) is 11.4 Å². The topological polar surface area (TPSA) is 107 Å².